The van der Waals surface area contributed by atoms with E-state index in [-0.39, 0.29) is 5.41 Å². The van der Waals surface area contributed by atoms with Crippen LogP contribution in [-0.2, 0) is 5.41 Å². The van der Waals surface area contributed by atoms with Gasteiger partial charge in [-0.15, -0.1) is 0 Å². The number of nitrogens with zero attached hydrogens (tertiary/aromatic N) is 2. The Morgan fingerprint density at radius 2 is 2.18 bits per heavy atom. The van der Waals surface area contributed by atoms with Crippen LogP contribution in [-0.4, -0.2) is 10.2 Å². The Morgan fingerprint density at radius 3 is 2.64 bits per heavy atom. The van der Waals surface area contributed by atoms with Gasteiger partial charge in [-0.3, -0.25) is 0 Å². The van der Waals surface area contributed by atoms with Crippen molar-refractivity contribution in [3.05, 3.63) is 24.0 Å². The van der Waals surface area contributed by atoms with Gasteiger partial charge in [0.1, 0.15) is 0 Å². The van der Waals surface area contributed by atoms with Crippen molar-refractivity contribution in [2.45, 2.75) is 32.6 Å². The molecule has 0 bridgehead atoms. The van der Waals surface area contributed by atoms with Crippen LogP contribution in [0.15, 0.2) is 18.3 Å². The fourth-order valence-corrected chi connectivity index (χ4v) is 0.844. The zero-order valence-corrected chi connectivity index (χ0v) is 7.33. The molecule has 0 aliphatic heterocycles. The largest absolute Gasteiger partial charge is 0.159 e. The quantitative estimate of drug-likeness (QED) is 0.645. The van der Waals surface area contributed by atoms with Crippen LogP contribution >= 0.6 is 0 Å². The van der Waals surface area contributed by atoms with Crippen LogP contribution in [0.5, 0.6) is 0 Å². The Kier molecular flexibility index (Phi) is 2.22. The van der Waals surface area contributed by atoms with Crippen LogP contribution in [0.25, 0.3) is 0 Å². The average molecular weight is 150 g/mol. The first-order valence-corrected chi connectivity index (χ1v) is 3.95. The molecule has 0 unspecified atom stereocenters. The maximum Gasteiger partial charge on any atom is 0.0687 e. The molecule has 11 heavy (non-hydrogen) atoms. The maximum atomic E-state index is 4.07. The number of rotatable bonds is 2. The second-order valence-corrected chi connectivity index (χ2v) is 3.35. The van der Waals surface area contributed by atoms with E-state index in [1.807, 2.05) is 12.1 Å². The lowest BCUT2D eigenvalue weighted by Crippen LogP contribution is -2.17. The molecular formula is C9H14N2. The average Bonchev–Trinajstić information content (AvgIpc) is 2.06. The van der Waals surface area contributed by atoms with E-state index in [9.17, 15) is 0 Å². The number of hydrogen-bond donors (Lipinski definition) is 0. The van der Waals surface area contributed by atoms with Crippen molar-refractivity contribution in [3.63, 3.8) is 0 Å². The van der Waals surface area contributed by atoms with Crippen molar-refractivity contribution in [3.8, 4) is 0 Å². The van der Waals surface area contributed by atoms with Crippen molar-refractivity contribution in [1.82, 2.24) is 10.2 Å². The topological polar surface area (TPSA) is 25.8 Å². The zero-order chi connectivity index (χ0) is 8.32. The van der Waals surface area contributed by atoms with E-state index in [4.69, 9.17) is 0 Å². The predicted molar refractivity (Wildman–Crippen MR) is 45.3 cm³/mol. The number of hydrogen-bond acceptors (Lipinski definition) is 2. The van der Waals surface area contributed by atoms with Gasteiger partial charge in [-0.05, 0) is 18.6 Å². The van der Waals surface area contributed by atoms with E-state index < -0.39 is 0 Å². The van der Waals surface area contributed by atoms with Gasteiger partial charge in [0.15, 0.2) is 0 Å². The Bertz CT molecular complexity index is 216. The molecule has 0 aliphatic rings. The molecule has 0 atom stereocenters. The first kappa shape index (κ1) is 8.18. The van der Waals surface area contributed by atoms with Gasteiger partial charge < -0.3 is 0 Å². The standard InChI is InChI=1S/C9H14N2/c1-4-9(2,3)8-6-5-7-10-11-8/h5-7H,4H2,1-3H3. The van der Waals surface area contributed by atoms with Gasteiger partial charge in [-0.2, -0.15) is 10.2 Å². The fourth-order valence-electron chi connectivity index (χ4n) is 0.844. The highest BCUT2D eigenvalue weighted by Gasteiger charge is 2.18. The lowest BCUT2D eigenvalue weighted by molar-refractivity contribution is 0.483. The van der Waals surface area contributed by atoms with Gasteiger partial charge in [0.25, 0.3) is 0 Å². The second kappa shape index (κ2) is 2.99. The predicted octanol–water partition coefficient (Wildman–Crippen LogP) is 2.16. The van der Waals surface area contributed by atoms with Crippen LogP contribution in [0, 0.1) is 0 Å². The van der Waals surface area contributed by atoms with Gasteiger partial charge in [0, 0.05) is 11.6 Å². The zero-order valence-electron chi connectivity index (χ0n) is 7.33. The van der Waals surface area contributed by atoms with E-state index in [1.54, 1.807) is 6.20 Å². The van der Waals surface area contributed by atoms with Crippen molar-refractivity contribution in [1.29, 1.82) is 0 Å². The molecule has 0 saturated heterocycles. The minimum atomic E-state index is 0.161. The van der Waals surface area contributed by atoms with Crippen LogP contribution in [0.3, 0.4) is 0 Å². The van der Waals surface area contributed by atoms with Gasteiger partial charge in [0.05, 0.1) is 5.69 Å². The summed E-state index contributed by atoms with van der Waals surface area (Å²) >= 11 is 0. The molecule has 60 valence electrons. The normalized spacial score (nSPS) is 11.5. The highest BCUT2D eigenvalue weighted by molar-refractivity contribution is 5.11. The molecule has 1 rings (SSSR count). The minimum Gasteiger partial charge on any atom is -0.159 e. The summed E-state index contributed by atoms with van der Waals surface area (Å²) in [5, 5.41) is 7.92. The van der Waals surface area contributed by atoms with Gasteiger partial charge in [-0.25, -0.2) is 0 Å². The van der Waals surface area contributed by atoms with Crippen LogP contribution in [0.4, 0.5) is 0 Å². The van der Waals surface area contributed by atoms with Gasteiger partial charge >= 0.3 is 0 Å². The molecule has 0 amide bonds. The monoisotopic (exact) mass is 150 g/mol. The van der Waals surface area contributed by atoms with Crippen molar-refractivity contribution >= 4 is 0 Å². The molecule has 1 aromatic heterocycles. The van der Waals surface area contributed by atoms with E-state index in [0.29, 0.717) is 0 Å². The summed E-state index contributed by atoms with van der Waals surface area (Å²) in [4.78, 5) is 0. The maximum absolute atomic E-state index is 4.07. The molecular weight excluding hydrogens is 136 g/mol. The Hall–Kier alpha value is -0.920. The Labute approximate surface area is 67.7 Å². The molecule has 0 N–H and O–H groups in total. The molecule has 0 fully saturated rings. The summed E-state index contributed by atoms with van der Waals surface area (Å²) in [5.41, 5.74) is 1.23. The number of aromatic nitrogens is 2. The molecule has 2 nitrogen and oxygen atoms in total. The van der Waals surface area contributed by atoms with Gasteiger partial charge in [0.2, 0.25) is 0 Å². The molecule has 1 aromatic rings. The summed E-state index contributed by atoms with van der Waals surface area (Å²) in [7, 11) is 0. The van der Waals surface area contributed by atoms with E-state index >= 15 is 0 Å². The first-order valence-electron chi connectivity index (χ1n) is 3.95. The third-order valence-corrected chi connectivity index (χ3v) is 2.15. The molecule has 0 aromatic carbocycles. The molecule has 0 spiro atoms. The lowest BCUT2D eigenvalue weighted by Gasteiger charge is -2.20. The molecule has 0 saturated carbocycles. The van der Waals surface area contributed by atoms with Crippen LogP contribution in [0.2, 0.25) is 0 Å². The molecule has 0 aliphatic carbocycles. The summed E-state index contributed by atoms with van der Waals surface area (Å²) in [6.45, 7) is 6.52. The summed E-state index contributed by atoms with van der Waals surface area (Å²) < 4.78 is 0. The van der Waals surface area contributed by atoms with Crippen LogP contribution < -0.4 is 0 Å². The van der Waals surface area contributed by atoms with E-state index in [2.05, 4.69) is 31.0 Å². The highest BCUT2D eigenvalue weighted by atomic mass is 15.1. The van der Waals surface area contributed by atoms with Crippen molar-refractivity contribution in [2.24, 2.45) is 0 Å². The molecule has 1 heterocycles. The SMILES string of the molecule is CCC(C)(C)c1cccnn1. The van der Waals surface area contributed by atoms with Crippen LogP contribution in [0.1, 0.15) is 32.9 Å². The third kappa shape index (κ3) is 1.76. The molecule has 0 radical (unpaired) electrons. The summed E-state index contributed by atoms with van der Waals surface area (Å²) in [6, 6.07) is 3.95. The Balaban J connectivity index is 2.93. The van der Waals surface area contributed by atoms with Gasteiger partial charge in [-0.1, -0.05) is 20.8 Å². The van der Waals surface area contributed by atoms with E-state index in [1.165, 1.54) is 0 Å². The summed E-state index contributed by atoms with van der Waals surface area (Å²) in [6.07, 6.45) is 2.79. The van der Waals surface area contributed by atoms with Crippen molar-refractivity contribution in [2.75, 3.05) is 0 Å². The third-order valence-electron chi connectivity index (χ3n) is 2.15. The van der Waals surface area contributed by atoms with Crippen molar-refractivity contribution < 1.29 is 0 Å². The van der Waals surface area contributed by atoms with E-state index in [0.717, 1.165) is 12.1 Å². The smallest absolute Gasteiger partial charge is 0.0687 e. The molecule has 2 heteroatoms. The first-order chi connectivity index (χ1) is 5.17. The minimum absolute atomic E-state index is 0.161. The second-order valence-electron chi connectivity index (χ2n) is 3.35. The summed E-state index contributed by atoms with van der Waals surface area (Å²) in [5.74, 6) is 0. The Morgan fingerprint density at radius 1 is 1.45 bits per heavy atom. The highest BCUT2D eigenvalue weighted by Crippen LogP contribution is 2.23. The lowest BCUT2D eigenvalue weighted by atomic mass is 9.86. The fraction of sp³-hybridized carbons (Fsp3) is 0.556.